The lowest BCUT2D eigenvalue weighted by molar-refractivity contribution is 0.113. The van der Waals surface area contributed by atoms with Gasteiger partial charge in [0.2, 0.25) is 10.0 Å². The molecule has 2 N–H and O–H groups in total. The highest BCUT2D eigenvalue weighted by atomic mass is 32.2. The second kappa shape index (κ2) is 13.6. The molecule has 0 spiro atoms. The predicted molar refractivity (Wildman–Crippen MR) is 151 cm³/mol. The molecule has 0 radical (unpaired) electrons. The number of urea groups is 1. The number of aliphatic hydroxyl groups excluding tert-OH is 1. The van der Waals surface area contributed by atoms with Crippen molar-refractivity contribution in [1.82, 2.24) is 14.5 Å². The van der Waals surface area contributed by atoms with Crippen LogP contribution in [0.25, 0.3) is 0 Å². The van der Waals surface area contributed by atoms with Crippen LogP contribution in [0, 0.1) is 5.92 Å². The summed E-state index contributed by atoms with van der Waals surface area (Å²) < 4.78 is 27.3. The number of carbonyl (C=O) groups is 1. The Morgan fingerprint density at radius 1 is 0.974 bits per heavy atom. The molecule has 0 aliphatic carbocycles. The number of nitrogens with zero attached hydrogens (tertiary/aromatic N) is 3. The van der Waals surface area contributed by atoms with E-state index >= 15 is 0 Å². The molecule has 0 unspecified atom stereocenters. The summed E-state index contributed by atoms with van der Waals surface area (Å²) in [5.74, 6) is 0.591. The number of hydrogen-bond donors (Lipinski definition) is 2. The van der Waals surface area contributed by atoms with Gasteiger partial charge in [-0.2, -0.15) is 4.31 Å². The smallest absolute Gasteiger partial charge is 0.321 e. The van der Waals surface area contributed by atoms with Crippen LogP contribution in [-0.2, 0) is 16.4 Å². The van der Waals surface area contributed by atoms with Gasteiger partial charge in [0, 0.05) is 31.9 Å². The first kappa shape index (κ1) is 28.5. The second-order valence-corrected chi connectivity index (χ2v) is 12.4. The number of anilines is 1. The number of amides is 2. The molecule has 8 nitrogen and oxygen atoms in total. The van der Waals surface area contributed by atoms with E-state index in [0.717, 1.165) is 51.0 Å². The molecule has 0 saturated carbocycles. The monoisotopic (exact) mass is 542 g/mol. The number of likely N-dealkylation sites (tertiary alicyclic amines) is 1. The minimum atomic E-state index is -3.50. The van der Waals surface area contributed by atoms with E-state index in [-0.39, 0.29) is 6.03 Å². The van der Waals surface area contributed by atoms with E-state index in [1.54, 1.807) is 12.1 Å². The molecule has 0 bridgehead atoms. The van der Waals surface area contributed by atoms with Crippen molar-refractivity contribution in [3.8, 4) is 0 Å². The fourth-order valence-corrected chi connectivity index (χ4v) is 6.90. The number of hydrogen-bond acceptors (Lipinski definition) is 5. The van der Waals surface area contributed by atoms with Crippen molar-refractivity contribution in [2.24, 2.45) is 5.92 Å². The molecule has 2 fully saturated rings. The van der Waals surface area contributed by atoms with E-state index in [1.807, 2.05) is 54.3 Å². The second-order valence-electron chi connectivity index (χ2n) is 10.4. The van der Waals surface area contributed by atoms with Crippen LogP contribution in [0.5, 0.6) is 0 Å². The Hall–Kier alpha value is -2.46. The standard InChI is InChI=1S/C29H42N4O4S/c1-2-30-29(35)33(26-7-4-3-5-8-26)18-6-17-31-19-13-25(14-20-31)23-24-9-11-28(12-10-24)38(36,37)32-21-15-27(34)16-22-32/h3-5,7-12,25,27,34H,2,6,13-23H2,1H3,(H,30,35). The molecular formula is C29H42N4O4S. The Bertz CT molecular complexity index is 1110. The summed E-state index contributed by atoms with van der Waals surface area (Å²) in [7, 11) is -3.50. The average Bonchev–Trinajstić information content (AvgIpc) is 2.93. The third-order valence-electron chi connectivity index (χ3n) is 7.71. The minimum Gasteiger partial charge on any atom is -0.393 e. The summed E-state index contributed by atoms with van der Waals surface area (Å²) in [4.78, 5) is 17.2. The largest absolute Gasteiger partial charge is 0.393 e. The summed E-state index contributed by atoms with van der Waals surface area (Å²) in [6.07, 6.45) is 4.71. The first-order chi connectivity index (χ1) is 18.4. The Balaban J connectivity index is 1.21. The van der Waals surface area contributed by atoms with Crippen molar-refractivity contribution in [2.45, 2.75) is 56.4 Å². The fraction of sp³-hybridized carbons (Fsp3) is 0.552. The molecule has 2 heterocycles. The number of aliphatic hydroxyl groups is 1. The number of benzene rings is 2. The molecule has 0 aromatic heterocycles. The van der Waals surface area contributed by atoms with Gasteiger partial charge in [0.1, 0.15) is 0 Å². The maximum Gasteiger partial charge on any atom is 0.321 e. The Labute approximate surface area is 227 Å². The quantitative estimate of drug-likeness (QED) is 0.478. The number of sulfonamides is 1. The number of rotatable bonds is 10. The molecular weight excluding hydrogens is 500 g/mol. The molecule has 38 heavy (non-hydrogen) atoms. The van der Waals surface area contributed by atoms with Crippen LogP contribution < -0.4 is 10.2 Å². The van der Waals surface area contributed by atoms with Gasteiger partial charge in [-0.25, -0.2) is 13.2 Å². The van der Waals surface area contributed by atoms with Crippen molar-refractivity contribution >= 4 is 21.7 Å². The van der Waals surface area contributed by atoms with Gasteiger partial charge in [-0.3, -0.25) is 4.90 Å². The van der Waals surface area contributed by atoms with Gasteiger partial charge in [0.05, 0.1) is 11.0 Å². The van der Waals surface area contributed by atoms with Crippen LogP contribution in [0.15, 0.2) is 59.5 Å². The Morgan fingerprint density at radius 2 is 1.63 bits per heavy atom. The van der Waals surface area contributed by atoms with Crippen molar-refractivity contribution in [2.75, 3.05) is 50.7 Å². The molecule has 2 aliphatic rings. The number of para-hydroxylation sites is 1. The van der Waals surface area contributed by atoms with Gasteiger partial charge in [0.25, 0.3) is 0 Å². The topological polar surface area (TPSA) is 93.2 Å². The summed E-state index contributed by atoms with van der Waals surface area (Å²) in [5.41, 5.74) is 2.10. The molecule has 2 amide bonds. The van der Waals surface area contributed by atoms with E-state index in [0.29, 0.717) is 49.8 Å². The van der Waals surface area contributed by atoms with Crippen LogP contribution in [0.1, 0.15) is 44.6 Å². The SMILES string of the molecule is CCNC(=O)N(CCCN1CCC(Cc2ccc(S(=O)(=O)N3CCC(O)CC3)cc2)CC1)c1ccccc1. The zero-order valence-electron chi connectivity index (χ0n) is 22.5. The minimum absolute atomic E-state index is 0.0500. The first-order valence-corrected chi connectivity index (χ1v) is 15.4. The zero-order chi connectivity index (χ0) is 27.0. The van der Waals surface area contributed by atoms with Crippen LogP contribution in [-0.4, -0.2) is 80.7 Å². The van der Waals surface area contributed by atoms with Crippen molar-refractivity contribution in [3.05, 3.63) is 60.2 Å². The number of nitrogens with one attached hydrogen (secondary N) is 1. The van der Waals surface area contributed by atoms with Crippen LogP contribution in [0.4, 0.5) is 10.5 Å². The van der Waals surface area contributed by atoms with Gasteiger partial charge >= 0.3 is 6.03 Å². The van der Waals surface area contributed by atoms with Crippen LogP contribution in [0.3, 0.4) is 0 Å². The maximum absolute atomic E-state index is 12.9. The molecule has 0 atom stereocenters. The van der Waals surface area contributed by atoms with Crippen molar-refractivity contribution < 1.29 is 18.3 Å². The fourth-order valence-electron chi connectivity index (χ4n) is 5.43. The molecule has 2 saturated heterocycles. The van der Waals surface area contributed by atoms with Gasteiger partial charge in [-0.1, -0.05) is 30.3 Å². The summed E-state index contributed by atoms with van der Waals surface area (Å²) in [6, 6.07) is 17.2. The average molecular weight is 543 g/mol. The summed E-state index contributed by atoms with van der Waals surface area (Å²) >= 11 is 0. The molecule has 208 valence electrons. The Kier molecular flexibility index (Phi) is 10.2. The summed E-state index contributed by atoms with van der Waals surface area (Å²) in [5, 5.41) is 12.6. The highest BCUT2D eigenvalue weighted by molar-refractivity contribution is 7.89. The van der Waals surface area contributed by atoms with E-state index < -0.39 is 16.1 Å². The lowest BCUT2D eigenvalue weighted by Gasteiger charge is -2.33. The summed E-state index contributed by atoms with van der Waals surface area (Å²) in [6.45, 7) is 7.04. The highest BCUT2D eigenvalue weighted by Gasteiger charge is 2.29. The van der Waals surface area contributed by atoms with Gasteiger partial charge < -0.3 is 15.3 Å². The predicted octanol–water partition coefficient (Wildman–Crippen LogP) is 3.71. The number of piperidine rings is 2. The lowest BCUT2D eigenvalue weighted by Crippen LogP contribution is -2.42. The first-order valence-electron chi connectivity index (χ1n) is 14.0. The van der Waals surface area contributed by atoms with Gasteiger partial charge in [-0.05, 0) is 101 Å². The van der Waals surface area contributed by atoms with E-state index in [2.05, 4.69) is 10.2 Å². The Morgan fingerprint density at radius 3 is 2.26 bits per heavy atom. The van der Waals surface area contributed by atoms with Crippen LogP contribution in [0.2, 0.25) is 0 Å². The van der Waals surface area contributed by atoms with E-state index in [4.69, 9.17) is 0 Å². The molecule has 9 heteroatoms. The zero-order valence-corrected chi connectivity index (χ0v) is 23.3. The van der Waals surface area contributed by atoms with Crippen LogP contribution >= 0.6 is 0 Å². The number of carbonyl (C=O) groups excluding carboxylic acids is 1. The third-order valence-corrected chi connectivity index (χ3v) is 9.63. The molecule has 4 rings (SSSR count). The van der Waals surface area contributed by atoms with E-state index in [1.165, 1.54) is 9.87 Å². The van der Waals surface area contributed by atoms with Crippen molar-refractivity contribution in [1.29, 1.82) is 0 Å². The van der Waals surface area contributed by atoms with Crippen molar-refractivity contribution in [3.63, 3.8) is 0 Å². The third kappa shape index (κ3) is 7.56. The van der Waals surface area contributed by atoms with E-state index in [9.17, 15) is 18.3 Å². The highest BCUT2D eigenvalue weighted by Crippen LogP contribution is 2.25. The molecule has 2 aromatic rings. The molecule has 2 aliphatic heterocycles. The molecule has 2 aromatic carbocycles. The van der Waals surface area contributed by atoms with Gasteiger partial charge in [0.15, 0.2) is 0 Å². The van der Waals surface area contributed by atoms with Gasteiger partial charge in [-0.15, -0.1) is 0 Å². The lowest BCUT2D eigenvalue weighted by atomic mass is 9.90. The normalized spacial score (nSPS) is 18.4. The maximum atomic E-state index is 12.9.